The van der Waals surface area contributed by atoms with E-state index >= 15 is 0 Å². The minimum Gasteiger partial charge on any atom is -0.345 e. The molecule has 2 rings (SSSR count). The summed E-state index contributed by atoms with van der Waals surface area (Å²) in [6, 6.07) is 13.5. The van der Waals surface area contributed by atoms with Crippen LogP contribution in [0.25, 0.3) is 0 Å². The van der Waals surface area contributed by atoms with Crippen LogP contribution in [0.5, 0.6) is 0 Å². The standard InChI is InChI=1S/C16H10ClN5O/c17-13-5-6-15(21-10-13)20-9-12(8-19)16(23)22-14-4-2-1-3-11(14)7-18/h1-6,9-10H,(H,20,21)(H,22,23)/b12-9-. The quantitative estimate of drug-likeness (QED) is 0.665. The van der Waals surface area contributed by atoms with Crippen LogP contribution < -0.4 is 10.6 Å². The third-order valence-electron chi connectivity index (χ3n) is 2.75. The van der Waals surface area contributed by atoms with Gasteiger partial charge in [0.15, 0.2) is 0 Å². The second-order valence-electron chi connectivity index (χ2n) is 4.29. The van der Waals surface area contributed by atoms with Gasteiger partial charge in [0, 0.05) is 12.4 Å². The minimum atomic E-state index is -0.628. The lowest BCUT2D eigenvalue weighted by Crippen LogP contribution is -2.15. The molecule has 6 nitrogen and oxygen atoms in total. The number of anilines is 2. The highest BCUT2D eigenvalue weighted by Crippen LogP contribution is 2.15. The number of hydrogen-bond acceptors (Lipinski definition) is 5. The maximum Gasteiger partial charge on any atom is 0.267 e. The van der Waals surface area contributed by atoms with E-state index in [0.29, 0.717) is 22.1 Å². The average Bonchev–Trinajstić information content (AvgIpc) is 2.57. The zero-order valence-corrected chi connectivity index (χ0v) is 12.5. The summed E-state index contributed by atoms with van der Waals surface area (Å²) in [5.74, 6) is -0.191. The number of nitrogens with one attached hydrogen (secondary N) is 2. The summed E-state index contributed by atoms with van der Waals surface area (Å²) in [6.45, 7) is 0. The number of nitriles is 2. The Labute approximate surface area is 137 Å². The van der Waals surface area contributed by atoms with Gasteiger partial charge < -0.3 is 10.6 Å². The van der Waals surface area contributed by atoms with Crippen molar-refractivity contribution in [2.24, 2.45) is 0 Å². The largest absolute Gasteiger partial charge is 0.345 e. The Morgan fingerprint density at radius 2 is 2.00 bits per heavy atom. The van der Waals surface area contributed by atoms with E-state index in [1.54, 1.807) is 42.5 Å². The van der Waals surface area contributed by atoms with Gasteiger partial charge in [0.05, 0.1) is 16.3 Å². The Morgan fingerprint density at radius 1 is 1.22 bits per heavy atom. The molecule has 2 N–H and O–H groups in total. The molecule has 0 spiro atoms. The second-order valence-corrected chi connectivity index (χ2v) is 4.72. The topological polar surface area (TPSA) is 102 Å². The molecule has 0 radical (unpaired) electrons. The number of hydrogen-bond donors (Lipinski definition) is 2. The number of nitrogens with zero attached hydrogens (tertiary/aromatic N) is 3. The van der Waals surface area contributed by atoms with Crippen LogP contribution >= 0.6 is 11.6 Å². The molecule has 1 aromatic carbocycles. The molecule has 1 aromatic heterocycles. The molecule has 23 heavy (non-hydrogen) atoms. The number of carbonyl (C=O) groups is 1. The van der Waals surface area contributed by atoms with Gasteiger partial charge >= 0.3 is 0 Å². The maximum atomic E-state index is 12.1. The molecule has 112 valence electrons. The first-order valence-electron chi connectivity index (χ1n) is 6.43. The van der Waals surface area contributed by atoms with Crippen molar-refractivity contribution in [1.29, 1.82) is 10.5 Å². The summed E-state index contributed by atoms with van der Waals surface area (Å²) in [7, 11) is 0. The number of pyridine rings is 1. The third-order valence-corrected chi connectivity index (χ3v) is 2.98. The number of rotatable bonds is 4. The highest BCUT2D eigenvalue weighted by atomic mass is 35.5. The lowest BCUT2D eigenvalue weighted by molar-refractivity contribution is -0.112. The van der Waals surface area contributed by atoms with E-state index in [1.165, 1.54) is 12.4 Å². The normalized spacial score (nSPS) is 10.3. The highest BCUT2D eigenvalue weighted by molar-refractivity contribution is 6.30. The first-order valence-corrected chi connectivity index (χ1v) is 6.80. The number of benzene rings is 1. The van der Waals surface area contributed by atoms with E-state index in [-0.39, 0.29) is 5.57 Å². The summed E-state index contributed by atoms with van der Waals surface area (Å²) in [5.41, 5.74) is 0.491. The van der Waals surface area contributed by atoms with Gasteiger partial charge in [-0.05, 0) is 24.3 Å². The summed E-state index contributed by atoms with van der Waals surface area (Å²) < 4.78 is 0. The van der Waals surface area contributed by atoms with Crippen molar-refractivity contribution >= 4 is 29.0 Å². The summed E-state index contributed by atoms with van der Waals surface area (Å²) >= 11 is 5.72. The molecule has 0 aliphatic rings. The van der Waals surface area contributed by atoms with E-state index in [2.05, 4.69) is 15.6 Å². The molecule has 0 saturated carbocycles. The molecular formula is C16H10ClN5O. The fraction of sp³-hybridized carbons (Fsp3) is 0. The maximum absolute atomic E-state index is 12.1. The molecule has 0 atom stereocenters. The van der Waals surface area contributed by atoms with Crippen LogP contribution in [0.15, 0.2) is 54.4 Å². The fourth-order valence-corrected chi connectivity index (χ4v) is 1.75. The fourth-order valence-electron chi connectivity index (χ4n) is 1.64. The highest BCUT2D eigenvalue weighted by Gasteiger charge is 2.11. The molecule has 0 aliphatic carbocycles. The molecular weight excluding hydrogens is 314 g/mol. The van der Waals surface area contributed by atoms with Gasteiger partial charge in [0.25, 0.3) is 5.91 Å². The molecule has 0 bridgehead atoms. The molecule has 2 aromatic rings. The van der Waals surface area contributed by atoms with Gasteiger partial charge in [0.1, 0.15) is 23.5 Å². The third kappa shape index (κ3) is 4.31. The number of amides is 1. The Kier molecular flexibility index (Phi) is 5.30. The Morgan fingerprint density at radius 3 is 2.65 bits per heavy atom. The van der Waals surface area contributed by atoms with E-state index < -0.39 is 5.91 Å². The van der Waals surface area contributed by atoms with Gasteiger partial charge in [0.2, 0.25) is 0 Å². The van der Waals surface area contributed by atoms with Gasteiger partial charge in [-0.15, -0.1) is 0 Å². The van der Waals surface area contributed by atoms with Gasteiger partial charge in [-0.3, -0.25) is 4.79 Å². The zero-order chi connectivity index (χ0) is 16.7. The van der Waals surface area contributed by atoms with Gasteiger partial charge in [-0.1, -0.05) is 23.7 Å². The van der Waals surface area contributed by atoms with Crippen LogP contribution in [0.2, 0.25) is 5.02 Å². The van der Waals surface area contributed by atoms with E-state index in [1.807, 2.05) is 6.07 Å². The van der Waals surface area contributed by atoms with Gasteiger partial charge in [-0.25, -0.2) is 4.98 Å². The van der Waals surface area contributed by atoms with Crippen molar-refractivity contribution in [3.05, 3.63) is 65.0 Å². The molecule has 1 amide bonds. The molecule has 0 aliphatic heterocycles. The average molecular weight is 324 g/mol. The second kappa shape index (κ2) is 7.60. The zero-order valence-electron chi connectivity index (χ0n) is 11.7. The summed E-state index contributed by atoms with van der Waals surface area (Å²) in [4.78, 5) is 16.1. The Hall–Kier alpha value is -3.35. The number of carbonyl (C=O) groups excluding carboxylic acids is 1. The van der Waals surface area contributed by atoms with Crippen molar-refractivity contribution in [2.75, 3.05) is 10.6 Å². The van der Waals surface area contributed by atoms with E-state index in [0.717, 1.165) is 0 Å². The van der Waals surface area contributed by atoms with Crippen LogP contribution in [0, 0.1) is 22.7 Å². The Balaban J connectivity index is 2.12. The lowest BCUT2D eigenvalue weighted by Gasteiger charge is -2.06. The van der Waals surface area contributed by atoms with Crippen molar-refractivity contribution in [2.45, 2.75) is 0 Å². The van der Waals surface area contributed by atoms with Crippen molar-refractivity contribution in [3.8, 4) is 12.1 Å². The number of aromatic nitrogens is 1. The van der Waals surface area contributed by atoms with Crippen LogP contribution in [-0.2, 0) is 4.79 Å². The number of para-hydroxylation sites is 1. The van der Waals surface area contributed by atoms with Crippen molar-refractivity contribution in [3.63, 3.8) is 0 Å². The van der Waals surface area contributed by atoms with Gasteiger partial charge in [-0.2, -0.15) is 10.5 Å². The molecule has 0 fully saturated rings. The predicted octanol–water partition coefficient (Wildman–Crippen LogP) is 3.06. The van der Waals surface area contributed by atoms with Crippen LogP contribution in [0.4, 0.5) is 11.5 Å². The molecule has 0 saturated heterocycles. The van der Waals surface area contributed by atoms with Crippen LogP contribution in [-0.4, -0.2) is 10.9 Å². The molecule has 1 heterocycles. The summed E-state index contributed by atoms with van der Waals surface area (Å²) in [6.07, 6.45) is 2.67. The molecule has 7 heteroatoms. The smallest absolute Gasteiger partial charge is 0.267 e. The van der Waals surface area contributed by atoms with E-state index in [9.17, 15) is 4.79 Å². The van der Waals surface area contributed by atoms with Crippen LogP contribution in [0.3, 0.4) is 0 Å². The predicted molar refractivity (Wildman–Crippen MR) is 86.4 cm³/mol. The van der Waals surface area contributed by atoms with Crippen molar-refractivity contribution in [1.82, 2.24) is 4.98 Å². The minimum absolute atomic E-state index is 0.158. The number of halogens is 1. The Bertz CT molecular complexity index is 831. The van der Waals surface area contributed by atoms with Crippen molar-refractivity contribution < 1.29 is 4.79 Å². The summed E-state index contributed by atoms with van der Waals surface area (Å²) in [5, 5.41) is 23.8. The monoisotopic (exact) mass is 323 g/mol. The molecule has 0 unspecified atom stereocenters. The first kappa shape index (κ1) is 16.0. The SMILES string of the molecule is N#C/C(=C/Nc1ccc(Cl)cn1)C(=O)Nc1ccccc1C#N. The first-order chi connectivity index (χ1) is 11.1. The van der Waals surface area contributed by atoms with E-state index in [4.69, 9.17) is 22.1 Å². The lowest BCUT2D eigenvalue weighted by atomic mass is 10.2. The van der Waals surface area contributed by atoms with Crippen LogP contribution in [0.1, 0.15) is 5.56 Å².